The molecule has 0 nitrogen and oxygen atoms in total. The Labute approximate surface area is 355 Å². The molecule has 57 heavy (non-hydrogen) atoms. The smallest absolute Gasteiger partial charge is 1.00 e. The van der Waals surface area contributed by atoms with Crippen molar-refractivity contribution in [3.8, 4) is 11.1 Å². The molecule has 0 saturated carbocycles. The van der Waals surface area contributed by atoms with Crippen molar-refractivity contribution >= 4 is 6.48 Å². The van der Waals surface area contributed by atoms with Crippen LogP contribution in [0.15, 0.2) is 99.4 Å². The van der Waals surface area contributed by atoms with Gasteiger partial charge in [-0.25, -0.2) is 0 Å². The second-order valence-corrected chi connectivity index (χ2v) is 24.1. The van der Waals surface area contributed by atoms with Crippen LogP contribution in [0.2, 0.25) is 0 Å². The summed E-state index contributed by atoms with van der Waals surface area (Å²) in [5.74, 6) is -0.0459. The summed E-state index contributed by atoms with van der Waals surface area (Å²) >= 11 is -3.85. The van der Waals surface area contributed by atoms with Crippen molar-refractivity contribution in [3.05, 3.63) is 144 Å². The Morgan fingerprint density at radius 2 is 1.12 bits per heavy atom. The van der Waals surface area contributed by atoms with Crippen molar-refractivity contribution in [3.63, 3.8) is 0 Å². The zero-order valence-corrected chi connectivity index (χ0v) is 38.6. The van der Waals surface area contributed by atoms with E-state index >= 15 is 0 Å². The molecule has 9 heteroatoms. The molecule has 0 fully saturated rings. The SMILES string of the molecule is CCC1=[C]([Zr+2](=[C](c2cccc(C(F)(F)F)c2)c2cccc(C(F)(F)F)c2)[c]2cc(C(C)(C)C)cc3c2Cc2ccc(C(C)(C)C)cc2-3)C(C)C=C1C(C)(C)C.[Cl-].[Cl-]. The second-order valence-electron chi connectivity index (χ2n) is 18.4. The molecular weight excluding hydrogens is 853 g/mol. The van der Waals surface area contributed by atoms with Crippen molar-refractivity contribution in [2.75, 3.05) is 0 Å². The minimum absolute atomic E-state index is 0. The van der Waals surface area contributed by atoms with Crippen LogP contribution in [0.25, 0.3) is 11.1 Å². The molecule has 0 N–H and O–H groups in total. The number of allylic oxidation sites excluding steroid dienone is 4. The van der Waals surface area contributed by atoms with Gasteiger partial charge >= 0.3 is 333 Å². The summed E-state index contributed by atoms with van der Waals surface area (Å²) < 4.78 is 90.1. The van der Waals surface area contributed by atoms with Crippen LogP contribution in [0.4, 0.5) is 26.3 Å². The normalized spacial score (nSPS) is 15.6. The van der Waals surface area contributed by atoms with Gasteiger partial charge in [-0.1, -0.05) is 0 Å². The molecule has 0 saturated heterocycles. The molecule has 0 aliphatic heterocycles. The number of hydrogen-bond donors (Lipinski definition) is 0. The van der Waals surface area contributed by atoms with Gasteiger partial charge in [-0.05, 0) is 0 Å². The van der Waals surface area contributed by atoms with Crippen LogP contribution in [-0.2, 0) is 50.9 Å². The fourth-order valence-electron chi connectivity index (χ4n) is 8.28. The average molecular weight is 905 g/mol. The topological polar surface area (TPSA) is 0 Å². The number of benzene rings is 4. The van der Waals surface area contributed by atoms with Crippen LogP contribution < -0.4 is 28.1 Å². The van der Waals surface area contributed by atoms with E-state index in [4.69, 9.17) is 0 Å². The van der Waals surface area contributed by atoms with Crippen LogP contribution >= 0.6 is 0 Å². The first-order valence-corrected chi connectivity index (χ1v) is 22.9. The standard InChI is InChI=1S/C21H25.C15H8F6.C12H19.2ClH.Zr/c1-20(2,3)16-9-7-14-11-15-8-10-17(21(4,5)6)13-19(15)18(14)12-16;16-14(17,18)12-5-1-3-10(8-12)7-11-4-2-6-13(9-11)15(19,20)21;1-6-10-7-9(2)8-11(10)12(3,4)5;;;/h7,9-10,12-13H,11H2,1-6H3;1-6,8-9H;8-9H,6H2,1-5H3;2*1H;/q;;;;;+2/p-2. The first-order chi connectivity index (χ1) is 25.3. The molecule has 304 valence electrons. The molecule has 2 aliphatic carbocycles. The fourth-order valence-corrected chi connectivity index (χ4v) is 17.4. The van der Waals surface area contributed by atoms with Crippen LogP contribution in [-0.4, -0.2) is 3.21 Å². The molecule has 0 spiro atoms. The Hall–Kier alpha value is -2.73. The quantitative estimate of drug-likeness (QED) is 0.159. The Morgan fingerprint density at radius 3 is 1.58 bits per heavy atom. The molecule has 0 bridgehead atoms. The molecule has 1 atom stereocenters. The van der Waals surface area contributed by atoms with Gasteiger partial charge in [0, 0.05) is 0 Å². The van der Waals surface area contributed by atoms with Crippen LogP contribution in [0.5, 0.6) is 0 Å². The van der Waals surface area contributed by atoms with E-state index in [1.807, 2.05) is 0 Å². The summed E-state index contributed by atoms with van der Waals surface area (Å²) in [6.45, 7) is 23.9. The third-order valence-corrected chi connectivity index (χ3v) is 19.4. The van der Waals surface area contributed by atoms with Gasteiger partial charge in [-0.2, -0.15) is 0 Å². The molecule has 1 unspecified atom stereocenters. The summed E-state index contributed by atoms with van der Waals surface area (Å²) in [4.78, 5) is 0. The summed E-state index contributed by atoms with van der Waals surface area (Å²) in [7, 11) is 0. The maximum Gasteiger partial charge on any atom is -1.00 e. The Bertz CT molecular complexity index is 2210. The monoisotopic (exact) mass is 902 g/mol. The number of halogens is 8. The molecule has 4 aromatic rings. The molecule has 0 radical (unpaired) electrons. The number of hydrogen-bond acceptors (Lipinski definition) is 0. The van der Waals surface area contributed by atoms with Crippen LogP contribution in [0.1, 0.15) is 127 Å². The summed E-state index contributed by atoms with van der Waals surface area (Å²) in [6, 6.07) is 21.8. The van der Waals surface area contributed by atoms with Gasteiger partial charge in [-0.3, -0.25) is 0 Å². The maximum atomic E-state index is 14.5. The summed E-state index contributed by atoms with van der Waals surface area (Å²) in [6.07, 6.45) is -5.59. The molecule has 0 heterocycles. The van der Waals surface area contributed by atoms with Gasteiger partial charge in [0.15, 0.2) is 0 Å². The predicted molar refractivity (Wildman–Crippen MR) is 212 cm³/mol. The van der Waals surface area contributed by atoms with Gasteiger partial charge in [0.05, 0.1) is 0 Å². The van der Waals surface area contributed by atoms with Crippen molar-refractivity contribution < 1.29 is 72.4 Å². The van der Waals surface area contributed by atoms with E-state index in [0.717, 1.165) is 49.8 Å². The van der Waals surface area contributed by atoms with Crippen molar-refractivity contribution in [2.45, 2.75) is 112 Å². The average Bonchev–Trinajstić information content (AvgIpc) is 3.62. The molecule has 0 aromatic heterocycles. The van der Waals surface area contributed by atoms with E-state index in [9.17, 15) is 26.3 Å². The van der Waals surface area contributed by atoms with Gasteiger partial charge in [0.25, 0.3) is 0 Å². The van der Waals surface area contributed by atoms with Crippen LogP contribution in [0.3, 0.4) is 0 Å². The van der Waals surface area contributed by atoms with Crippen LogP contribution in [0, 0.1) is 11.3 Å². The minimum Gasteiger partial charge on any atom is -1.00 e. The Kier molecular flexibility index (Phi) is 13.5. The molecule has 2 aliphatic rings. The predicted octanol–water partition coefficient (Wildman–Crippen LogP) is 7.70. The number of fused-ring (bicyclic) bond motifs is 3. The molecule has 6 rings (SSSR count). The van der Waals surface area contributed by atoms with Gasteiger partial charge in [-0.15, -0.1) is 0 Å². The van der Waals surface area contributed by atoms with Crippen molar-refractivity contribution in [1.29, 1.82) is 0 Å². The van der Waals surface area contributed by atoms with Gasteiger partial charge < -0.3 is 24.8 Å². The third-order valence-electron chi connectivity index (χ3n) is 11.2. The van der Waals surface area contributed by atoms with Gasteiger partial charge in [0.1, 0.15) is 0 Å². The third kappa shape index (κ3) is 9.37. The fraction of sp³-hybridized carbons (Fsp3) is 0.396. The molecule has 0 amide bonds. The van der Waals surface area contributed by atoms with E-state index in [0.29, 0.717) is 27.2 Å². The first kappa shape index (κ1) is 47.0. The van der Waals surface area contributed by atoms with E-state index < -0.39 is 44.7 Å². The summed E-state index contributed by atoms with van der Waals surface area (Å²) in [5, 5.41) is 0. The van der Waals surface area contributed by atoms with Crippen molar-refractivity contribution in [2.24, 2.45) is 11.3 Å². The van der Waals surface area contributed by atoms with E-state index in [1.54, 1.807) is 12.1 Å². The first-order valence-electron chi connectivity index (χ1n) is 19.2. The second kappa shape index (κ2) is 16.4. The number of alkyl halides is 6. The summed E-state index contributed by atoms with van der Waals surface area (Å²) in [5.41, 5.74) is 7.82. The maximum absolute atomic E-state index is 14.5. The van der Waals surface area contributed by atoms with E-state index in [2.05, 4.69) is 113 Å². The number of rotatable bonds is 5. The van der Waals surface area contributed by atoms with E-state index in [1.165, 1.54) is 37.7 Å². The minimum atomic E-state index is -4.63. The molecular formula is C48H52Cl2F6Zr. The zero-order chi connectivity index (χ0) is 40.6. The van der Waals surface area contributed by atoms with Gasteiger partial charge in [0.2, 0.25) is 0 Å². The van der Waals surface area contributed by atoms with Crippen molar-refractivity contribution in [1.82, 2.24) is 0 Å². The molecule has 4 aromatic carbocycles. The zero-order valence-electron chi connectivity index (χ0n) is 34.6. The Morgan fingerprint density at radius 1 is 0.614 bits per heavy atom. The Balaban J connectivity index is 0.00000360. The van der Waals surface area contributed by atoms with E-state index in [-0.39, 0.29) is 47.0 Å². The largest absolute Gasteiger partial charge is 1.00 e.